The number of benzene rings is 4. The van der Waals surface area contributed by atoms with Crippen LogP contribution in [0.1, 0.15) is 32.0 Å². The third kappa shape index (κ3) is 5.78. The highest BCUT2D eigenvalue weighted by molar-refractivity contribution is 9.10. The van der Waals surface area contributed by atoms with Crippen molar-refractivity contribution in [2.45, 2.75) is 6.92 Å². The predicted octanol–water partition coefficient (Wildman–Crippen LogP) is 7.55. The third-order valence-electron chi connectivity index (χ3n) is 6.17. The van der Waals surface area contributed by atoms with E-state index in [0.717, 1.165) is 21.0 Å². The zero-order chi connectivity index (χ0) is 28.2. The first-order valence-electron chi connectivity index (χ1n) is 12.2. The Morgan fingerprint density at radius 2 is 1.73 bits per heavy atom. The maximum Gasteiger partial charge on any atom is 0.343 e. The molecule has 7 nitrogen and oxygen atoms in total. The molecule has 0 bridgehead atoms. The molecular weight excluding hydrogens is 594 g/mol. The summed E-state index contributed by atoms with van der Waals surface area (Å²) in [6.07, 6.45) is 1.47. The molecule has 0 aliphatic rings. The Labute approximate surface area is 243 Å². The van der Waals surface area contributed by atoms with Crippen molar-refractivity contribution in [1.82, 2.24) is 10.4 Å². The van der Waals surface area contributed by atoms with Gasteiger partial charge in [-0.05, 0) is 60.5 Å². The summed E-state index contributed by atoms with van der Waals surface area (Å²) in [4.78, 5) is 28.9. The van der Waals surface area contributed by atoms with Gasteiger partial charge in [0.2, 0.25) is 0 Å². The van der Waals surface area contributed by atoms with E-state index in [1.54, 1.807) is 36.4 Å². The second-order valence-corrected chi connectivity index (χ2v) is 10.2. The van der Waals surface area contributed by atoms with Gasteiger partial charge in [-0.2, -0.15) is 5.10 Å². The first-order chi connectivity index (χ1) is 19.3. The number of carbonyl (C=O) groups is 2. The summed E-state index contributed by atoms with van der Waals surface area (Å²) < 4.78 is 11.7. The van der Waals surface area contributed by atoms with E-state index in [4.69, 9.17) is 21.1 Å². The number of carbonyl (C=O) groups excluding carboxylic acids is 2. The average Bonchev–Trinajstić information content (AvgIpc) is 3.34. The number of aromatic nitrogens is 1. The Balaban J connectivity index is 1.36. The Hall–Kier alpha value is -4.40. The van der Waals surface area contributed by atoms with E-state index < -0.39 is 11.9 Å². The Morgan fingerprint density at radius 1 is 0.975 bits per heavy atom. The van der Waals surface area contributed by atoms with Crippen LogP contribution in [0.25, 0.3) is 22.0 Å². The number of aryl methyl sites for hydroxylation is 1. The normalized spacial score (nSPS) is 11.1. The van der Waals surface area contributed by atoms with E-state index in [0.29, 0.717) is 38.7 Å². The second kappa shape index (κ2) is 11.8. The maximum absolute atomic E-state index is 13.3. The van der Waals surface area contributed by atoms with Crippen LogP contribution in [0.2, 0.25) is 5.02 Å². The quantitative estimate of drug-likeness (QED) is 0.0855. The molecule has 40 heavy (non-hydrogen) atoms. The number of amides is 1. The molecule has 1 aromatic heterocycles. The SMILES string of the molecule is COc1cc(C=NNC(=O)c2[nH]c3c(Cl)cc(Br)cc3c2-c2ccccc2)ccc1OC(=O)c1ccc(C)cc1. The number of nitrogens with one attached hydrogen (secondary N) is 2. The largest absolute Gasteiger partial charge is 0.493 e. The highest BCUT2D eigenvalue weighted by Crippen LogP contribution is 2.37. The Morgan fingerprint density at radius 3 is 2.45 bits per heavy atom. The maximum atomic E-state index is 13.3. The summed E-state index contributed by atoms with van der Waals surface area (Å²) in [7, 11) is 1.48. The zero-order valence-electron chi connectivity index (χ0n) is 21.5. The molecule has 5 rings (SSSR count). The van der Waals surface area contributed by atoms with Crippen molar-refractivity contribution in [2.75, 3.05) is 7.11 Å². The van der Waals surface area contributed by atoms with Crippen LogP contribution in [0, 0.1) is 6.92 Å². The van der Waals surface area contributed by atoms with Crippen LogP contribution in [0.5, 0.6) is 11.5 Å². The molecule has 5 aromatic rings. The summed E-state index contributed by atoms with van der Waals surface area (Å²) in [5, 5.41) is 5.43. The van der Waals surface area contributed by atoms with Gasteiger partial charge in [-0.1, -0.05) is 75.6 Å². The van der Waals surface area contributed by atoms with Crippen LogP contribution in [-0.2, 0) is 0 Å². The number of fused-ring (bicyclic) bond motifs is 1. The van der Waals surface area contributed by atoms with Crippen molar-refractivity contribution < 1.29 is 19.1 Å². The highest BCUT2D eigenvalue weighted by atomic mass is 79.9. The van der Waals surface area contributed by atoms with Crippen molar-refractivity contribution in [3.05, 3.63) is 117 Å². The van der Waals surface area contributed by atoms with Crippen LogP contribution in [0.15, 0.2) is 94.5 Å². The smallest absolute Gasteiger partial charge is 0.343 e. The van der Waals surface area contributed by atoms with Crippen molar-refractivity contribution in [1.29, 1.82) is 0 Å². The number of ether oxygens (including phenoxy) is 2. The van der Waals surface area contributed by atoms with E-state index in [1.165, 1.54) is 13.3 Å². The van der Waals surface area contributed by atoms with Gasteiger partial charge < -0.3 is 14.5 Å². The topological polar surface area (TPSA) is 92.8 Å². The minimum Gasteiger partial charge on any atom is -0.493 e. The lowest BCUT2D eigenvalue weighted by Gasteiger charge is -2.10. The van der Waals surface area contributed by atoms with Gasteiger partial charge in [0.1, 0.15) is 5.69 Å². The molecule has 4 aromatic carbocycles. The summed E-state index contributed by atoms with van der Waals surface area (Å²) in [5.41, 5.74) is 7.24. The standard InChI is InChI=1S/C31H23BrClN3O4/c1-18-8-11-21(12-9-18)31(38)40-25-13-10-19(14-26(25)39-2)17-34-36-30(37)29-27(20-6-4-3-5-7-20)23-15-22(32)16-24(33)28(23)35-29/h3-17,35H,1-2H3,(H,36,37). The molecule has 0 unspecified atom stereocenters. The molecule has 0 fully saturated rings. The van der Waals surface area contributed by atoms with E-state index >= 15 is 0 Å². The number of methoxy groups -OCH3 is 1. The molecule has 0 aliphatic heterocycles. The fraction of sp³-hybridized carbons (Fsp3) is 0.0645. The number of rotatable bonds is 7. The molecule has 0 spiro atoms. The van der Waals surface area contributed by atoms with Crippen LogP contribution in [0.4, 0.5) is 0 Å². The molecule has 2 N–H and O–H groups in total. The fourth-order valence-corrected chi connectivity index (χ4v) is 5.07. The van der Waals surface area contributed by atoms with Crippen molar-refractivity contribution >= 4 is 56.5 Å². The molecule has 1 heterocycles. The van der Waals surface area contributed by atoms with Crippen LogP contribution < -0.4 is 14.9 Å². The number of hydrogen-bond donors (Lipinski definition) is 2. The van der Waals surface area contributed by atoms with Gasteiger partial charge in [0.15, 0.2) is 11.5 Å². The molecule has 0 saturated heterocycles. The lowest BCUT2D eigenvalue weighted by Crippen LogP contribution is -2.18. The molecule has 200 valence electrons. The first kappa shape index (κ1) is 27.2. The summed E-state index contributed by atoms with van der Waals surface area (Å²) in [5.74, 6) is -0.318. The average molecular weight is 617 g/mol. The highest BCUT2D eigenvalue weighted by Gasteiger charge is 2.21. The van der Waals surface area contributed by atoms with Gasteiger partial charge in [-0.25, -0.2) is 10.2 Å². The molecule has 0 atom stereocenters. The van der Waals surface area contributed by atoms with Gasteiger partial charge >= 0.3 is 5.97 Å². The summed E-state index contributed by atoms with van der Waals surface area (Å²) >= 11 is 9.96. The second-order valence-electron chi connectivity index (χ2n) is 8.92. The summed E-state index contributed by atoms with van der Waals surface area (Å²) in [6, 6.07) is 25.3. The third-order valence-corrected chi connectivity index (χ3v) is 6.93. The van der Waals surface area contributed by atoms with Crippen molar-refractivity contribution in [3.63, 3.8) is 0 Å². The molecule has 1 amide bonds. The molecular formula is C31H23BrClN3O4. The number of hydrogen-bond acceptors (Lipinski definition) is 5. The predicted molar refractivity (Wildman–Crippen MR) is 161 cm³/mol. The zero-order valence-corrected chi connectivity index (χ0v) is 23.8. The van der Waals surface area contributed by atoms with E-state index in [1.807, 2.05) is 55.5 Å². The Bertz CT molecular complexity index is 1750. The minimum atomic E-state index is -0.494. The first-order valence-corrected chi connectivity index (χ1v) is 13.4. The Kier molecular flexibility index (Phi) is 8.00. The van der Waals surface area contributed by atoms with E-state index in [9.17, 15) is 9.59 Å². The molecule has 0 aliphatic carbocycles. The molecule has 9 heteroatoms. The van der Waals surface area contributed by atoms with Crippen LogP contribution >= 0.6 is 27.5 Å². The van der Waals surface area contributed by atoms with Gasteiger partial charge in [-0.3, -0.25) is 4.79 Å². The van der Waals surface area contributed by atoms with Gasteiger partial charge in [0, 0.05) is 15.4 Å². The van der Waals surface area contributed by atoms with Crippen molar-refractivity contribution in [3.8, 4) is 22.6 Å². The minimum absolute atomic E-state index is 0.267. The summed E-state index contributed by atoms with van der Waals surface area (Å²) in [6.45, 7) is 1.94. The number of H-pyrrole nitrogens is 1. The number of halogens is 2. The monoisotopic (exact) mass is 615 g/mol. The number of esters is 1. The van der Waals surface area contributed by atoms with E-state index in [2.05, 4.69) is 31.4 Å². The number of nitrogens with zero attached hydrogens (tertiary/aromatic N) is 1. The van der Waals surface area contributed by atoms with Gasteiger partial charge in [-0.15, -0.1) is 0 Å². The lowest BCUT2D eigenvalue weighted by molar-refractivity contribution is 0.0729. The van der Waals surface area contributed by atoms with Crippen LogP contribution in [-0.4, -0.2) is 30.2 Å². The molecule has 0 saturated carbocycles. The van der Waals surface area contributed by atoms with Crippen LogP contribution in [0.3, 0.4) is 0 Å². The van der Waals surface area contributed by atoms with Gasteiger partial charge in [0.05, 0.1) is 29.4 Å². The fourth-order valence-electron chi connectivity index (χ4n) is 4.21. The number of hydrazone groups is 1. The van der Waals surface area contributed by atoms with Crippen molar-refractivity contribution in [2.24, 2.45) is 5.10 Å². The van der Waals surface area contributed by atoms with E-state index in [-0.39, 0.29) is 5.75 Å². The molecule has 0 radical (unpaired) electrons. The lowest BCUT2D eigenvalue weighted by atomic mass is 10.0. The van der Waals surface area contributed by atoms with Gasteiger partial charge in [0.25, 0.3) is 5.91 Å². The number of aromatic amines is 1.